The molecule has 2 aliphatic rings. The van der Waals surface area contributed by atoms with Crippen LogP contribution in [0.2, 0.25) is 5.02 Å². The lowest BCUT2D eigenvalue weighted by Gasteiger charge is -2.31. The molecule has 0 N–H and O–H groups in total. The summed E-state index contributed by atoms with van der Waals surface area (Å²) in [5.74, 6) is 0.159. The number of fused-ring (bicyclic) bond motifs is 1. The van der Waals surface area contributed by atoms with Crippen molar-refractivity contribution < 1.29 is 22.7 Å². The Kier molecular flexibility index (Phi) is 7.31. The average molecular weight is 496 g/mol. The second-order valence-electron chi connectivity index (χ2n) is 8.56. The Morgan fingerprint density at radius 2 is 2.00 bits per heavy atom. The molecule has 1 heterocycles. The molecule has 1 saturated carbocycles. The highest BCUT2D eigenvalue weighted by Crippen LogP contribution is 2.38. The second-order valence-corrected chi connectivity index (χ2v) is 11.0. The van der Waals surface area contributed by atoms with Crippen molar-refractivity contribution in [3.05, 3.63) is 40.7 Å². The lowest BCUT2D eigenvalue weighted by molar-refractivity contribution is -0.144. The Bertz CT molecular complexity index is 1110. The van der Waals surface area contributed by atoms with Crippen molar-refractivity contribution in [1.29, 1.82) is 0 Å². The Labute approximate surface area is 199 Å². The van der Waals surface area contributed by atoms with Crippen molar-refractivity contribution in [3.8, 4) is 5.75 Å². The van der Waals surface area contributed by atoms with Gasteiger partial charge in [0.05, 0.1) is 34.9 Å². The molecule has 8 nitrogen and oxygen atoms in total. The minimum Gasteiger partial charge on any atom is -0.489 e. The van der Waals surface area contributed by atoms with Crippen LogP contribution in [0.1, 0.15) is 62.7 Å². The van der Waals surface area contributed by atoms with Crippen LogP contribution in [-0.4, -0.2) is 48.2 Å². The van der Waals surface area contributed by atoms with E-state index in [-0.39, 0.29) is 29.6 Å². The van der Waals surface area contributed by atoms with Crippen LogP contribution in [0.4, 0.5) is 0 Å². The number of benzene rings is 1. The SMILES string of the molecule is CCOC(=O)Cn1ncc2c1CCCC2N(C)S(=O)(=O)c1ccc(OC2CCCC2)c(Cl)c1. The first-order chi connectivity index (χ1) is 15.8. The maximum atomic E-state index is 13.4. The quantitative estimate of drug-likeness (QED) is 0.512. The summed E-state index contributed by atoms with van der Waals surface area (Å²) in [6.45, 7) is 2.08. The van der Waals surface area contributed by atoms with Crippen LogP contribution >= 0.6 is 11.6 Å². The lowest BCUT2D eigenvalue weighted by atomic mass is 9.93. The first-order valence-electron chi connectivity index (χ1n) is 11.5. The fraction of sp³-hybridized carbons (Fsp3) is 0.565. The summed E-state index contributed by atoms with van der Waals surface area (Å²) in [5.41, 5.74) is 1.70. The standard InChI is InChI=1S/C23H30ClN3O5S/c1-3-31-23(28)15-27-21-10-6-9-20(18(21)14-25-27)26(2)33(29,30)17-11-12-22(19(24)13-17)32-16-7-4-5-8-16/h11-14,16,20H,3-10,15H2,1-2H3. The summed E-state index contributed by atoms with van der Waals surface area (Å²) in [6, 6.07) is 4.29. The molecule has 1 aromatic heterocycles. The van der Waals surface area contributed by atoms with E-state index in [0.29, 0.717) is 23.8 Å². The summed E-state index contributed by atoms with van der Waals surface area (Å²) in [6.07, 6.45) is 8.26. The summed E-state index contributed by atoms with van der Waals surface area (Å²) < 4.78 is 40.9. The highest BCUT2D eigenvalue weighted by Gasteiger charge is 2.34. The van der Waals surface area contributed by atoms with Crippen LogP contribution < -0.4 is 4.74 Å². The van der Waals surface area contributed by atoms with Gasteiger partial charge in [-0.05, 0) is 70.1 Å². The van der Waals surface area contributed by atoms with Crippen LogP contribution in [0, 0.1) is 0 Å². The predicted octanol–water partition coefficient (Wildman–Crippen LogP) is 4.12. The van der Waals surface area contributed by atoms with Crippen LogP contribution in [0.15, 0.2) is 29.3 Å². The molecule has 4 rings (SSSR count). The first-order valence-corrected chi connectivity index (χ1v) is 13.3. The van der Waals surface area contributed by atoms with Crippen LogP contribution in [0.25, 0.3) is 0 Å². The number of rotatable bonds is 8. The molecule has 1 aromatic carbocycles. The number of ether oxygens (including phenoxy) is 2. The Balaban J connectivity index is 1.54. The minimum absolute atomic E-state index is 0.0183. The van der Waals surface area contributed by atoms with Crippen molar-refractivity contribution in [2.24, 2.45) is 0 Å². The fourth-order valence-corrected chi connectivity index (χ4v) is 6.38. The molecule has 0 bridgehead atoms. The van der Waals surface area contributed by atoms with Gasteiger partial charge in [-0.15, -0.1) is 0 Å². The number of nitrogens with zero attached hydrogens (tertiary/aromatic N) is 3. The molecule has 1 unspecified atom stereocenters. The summed E-state index contributed by atoms with van der Waals surface area (Å²) in [5, 5.41) is 4.63. The molecular weight excluding hydrogens is 466 g/mol. The van der Waals surface area contributed by atoms with E-state index in [1.165, 1.54) is 10.4 Å². The number of sulfonamides is 1. The van der Waals surface area contributed by atoms with E-state index in [1.54, 1.807) is 37.0 Å². The Morgan fingerprint density at radius 3 is 2.70 bits per heavy atom. The molecule has 10 heteroatoms. The number of hydrogen-bond acceptors (Lipinski definition) is 6. The third kappa shape index (κ3) is 5.05. The van der Waals surface area contributed by atoms with Gasteiger partial charge in [0.2, 0.25) is 10.0 Å². The zero-order chi connectivity index (χ0) is 23.6. The number of carbonyl (C=O) groups excluding carboxylic acids is 1. The van der Waals surface area contributed by atoms with Gasteiger partial charge in [0.25, 0.3) is 0 Å². The van der Waals surface area contributed by atoms with E-state index in [0.717, 1.165) is 49.8 Å². The smallest absolute Gasteiger partial charge is 0.327 e. The largest absolute Gasteiger partial charge is 0.489 e. The summed E-state index contributed by atoms with van der Waals surface area (Å²) >= 11 is 6.40. The average Bonchev–Trinajstić information content (AvgIpc) is 3.45. The lowest BCUT2D eigenvalue weighted by Crippen LogP contribution is -2.33. The maximum Gasteiger partial charge on any atom is 0.327 e. The molecule has 0 saturated heterocycles. The van der Waals surface area contributed by atoms with Gasteiger partial charge in [0, 0.05) is 18.3 Å². The van der Waals surface area contributed by atoms with Crippen molar-refractivity contribution in [3.63, 3.8) is 0 Å². The second kappa shape index (κ2) is 10.0. The number of aromatic nitrogens is 2. The van der Waals surface area contributed by atoms with E-state index in [2.05, 4.69) is 5.10 Å². The van der Waals surface area contributed by atoms with Gasteiger partial charge in [-0.3, -0.25) is 9.48 Å². The molecule has 0 aliphatic heterocycles. The number of hydrogen-bond donors (Lipinski definition) is 0. The molecule has 0 amide bonds. The van der Waals surface area contributed by atoms with Gasteiger partial charge in [0.15, 0.2) is 0 Å². The zero-order valence-electron chi connectivity index (χ0n) is 19.0. The van der Waals surface area contributed by atoms with Gasteiger partial charge in [-0.1, -0.05) is 11.6 Å². The normalized spacial score (nSPS) is 19.0. The van der Waals surface area contributed by atoms with Crippen LogP contribution in [-0.2, 0) is 32.5 Å². The van der Waals surface area contributed by atoms with Crippen molar-refractivity contribution >= 4 is 27.6 Å². The molecule has 2 aromatic rings. The number of halogens is 1. The Morgan fingerprint density at radius 1 is 1.24 bits per heavy atom. The molecule has 1 atom stereocenters. The summed E-state index contributed by atoms with van der Waals surface area (Å²) in [4.78, 5) is 12.0. The van der Waals surface area contributed by atoms with Crippen molar-refractivity contribution in [1.82, 2.24) is 14.1 Å². The monoisotopic (exact) mass is 495 g/mol. The van der Waals surface area contributed by atoms with E-state index in [1.807, 2.05) is 0 Å². The van der Waals surface area contributed by atoms with E-state index < -0.39 is 10.0 Å². The molecule has 0 radical (unpaired) electrons. The van der Waals surface area contributed by atoms with Gasteiger partial charge in [0.1, 0.15) is 12.3 Å². The van der Waals surface area contributed by atoms with Gasteiger partial charge < -0.3 is 9.47 Å². The van der Waals surface area contributed by atoms with Gasteiger partial charge in [-0.25, -0.2) is 8.42 Å². The molecule has 33 heavy (non-hydrogen) atoms. The van der Waals surface area contributed by atoms with Gasteiger partial charge >= 0.3 is 5.97 Å². The predicted molar refractivity (Wildman–Crippen MR) is 124 cm³/mol. The van der Waals surface area contributed by atoms with E-state index in [9.17, 15) is 13.2 Å². The third-order valence-electron chi connectivity index (χ3n) is 6.43. The number of carbonyl (C=O) groups is 1. The van der Waals surface area contributed by atoms with Gasteiger partial charge in [-0.2, -0.15) is 9.40 Å². The highest BCUT2D eigenvalue weighted by atomic mass is 35.5. The molecule has 1 fully saturated rings. The zero-order valence-corrected chi connectivity index (χ0v) is 20.6. The fourth-order valence-electron chi connectivity index (χ4n) is 4.70. The molecule has 2 aliphatic carbocycles. The summed E-state index contributed by atoms with van der Waals surface area (Å²) in [7, 11) is -2.23. The Hall–Kier alpha value is -2.10. The molecule has 180 valence electrons. The molecule has 0 spiro atoms. The first kappa shape index (κ1) is 24.0. The topological polar surface area (TPSA) is 90.7 Å². The maximum absolute atomic E-state index is 13.4. The van der Waals surface area contributed by atoms with E-state index in [4.69, 9.17) is 21.1 Å². The number of esters is 1. The highest BCUT2D eigenvalue weighted by molar-refractivity contribution is 7.89. The van der Waals surface area contributed by atoms with Crippen molar-refractivity contribution in [2.75, 3.05) is 13.7 Å². The minimum atomic E-state index is -3.81. The third-order valence-corrected chi connectivity index (χ3v) is 8.59. The van der Waals surface area contributed by atoms with Crippen molar-refractivity contribution in [2.45, 2.75) is 75.5 Å². The van der Waals surface area contributed by atoms with Crippen LogP contribution in [0.5, 0.6) is 5.75 Å². The van der Waals surface area contributed by atoms with E-state index >= 15 is 0 Å². The van der Waals surface area contributed by atoms with Crippen LogP contribution in [0.3, 0.4) is 0 Å². The molecular formula is C23H30ClN3O5S.